The second-order valence-corrected chi connectivity index (χ2v) is 8.79. The van der Waals surface area contributed by atoms with Gasteiger partial charge in [0.1, 0.15) is 11.5 Å². The molecule has 8 heteroatoms. The Morgan fingerprint density at radius 3 is 2.33 bits per heavy atom. The van der Waals surface area contributed by atoms with Crippen molar-refractivity contribution in [3.8, 4) is 17.2 Å². The predicted octanol–water partition coefficient (Wildman–Crippen LogP) is 4.65. The molecule has 2 aromatic carbocycles. The number of aryl methyl sites for hydroxylation is 1. The third kappa shape index (κ3) is 5.65. The zero-order valence-corrected chi connectivity index (χ0v) is 21.8. The zero-order chi connectivity index (χ0) is 26.4. The van der Waals surface area contributed by atoms with Gasteiger partial charge in [0.15, 0.2) is 11.5 Å². The average Bonchev–Trinajstić information content (AvgIpc) is 3.11. The summed E-state index contributed by atoms with van der Waals surface area (Å²) in [6.07, 6.45) is 0.600. The molecule has 1 amide bonds. The van der Waals surface area contributed by atoms with Crippen LogP contribution in [0.2, 0.25) is 0 Å². The highest BCUT2D eigenvalue weighted by molar-refractivity contribution is 6.46. The molecule has 0 spiro atoms. The molecule has 1 N–H and O–H groups in total. The predicted molar refractivity (Wildman–Crippen MR) is 137 cm³/mol. The van der Waals surface area contributed by atoms with E-state index in [0.717, 1.165) is 5.56 Å². The molecule has 0 aliphatic carbocycles. The average molecular weight is 498 g/mol. The minimum absolute atomic E-state index is 0.0296. The summed E-state index contributed by atoms with van der Waals surface area (Å²) in [6.45, 7) is 8.73. The van der Waals surface area contributed by atoms with Crippen molar-refractivity contribution in [1.29, 1.82) is 0 Å². The van der Waals surface area contributed by atoms with Gasteiger partial charge in [-0.1, -0.05) is 6.07 Å². The molecule has 1 atom stereocenters. The molecule has 0 saturated carbocycles. The number of hydrogen-bond acceptors (Lipinski definition) is 7. The molecule has 194 valence electrons. The number of aliphatic hydroxyl groups excluding tert-OH is 1. The lowest BCUT2D eigenvalue weighted by atomic mass is 9.94. The number of ketones is 1. The summed E-state index contributed by atoms with van der Waals surface area (Å²) in [6, 6.07) is 9.59. The summed E-state index contributed by atoms with van der Waals surface area (Å²) in [5.74, 6) is 0.0545. The van der Waals surface area contributed by atoms with Gasteiger partial charge in [-0.15, -0.1) is 0 Å². The smallest absolute Gasteiger partial charge is 0.295 e. The number of aliphatic hydroxyl groups is 1. The topological polar surface area (TPSA) is 94.5 Å². The first-order valence-electron chi connectivity index (χ1n) is 12.1. The van der Waals surface area contributed by atoms with Crippen molar-refractivity contribution in [2.75, 3.05) is 34.0 Å². The molecule has 1 aliphatic heterocycles. The Morgan fingerprint density at radius 2 is 1.72 bits per heavy atom. The normalized spacial score (nSPS) is 17.1. The van der Waals surface area contributed by atoms with E-state index < -0.39 is 17.7 Å². The van der Waals surface area contributed by atoms with Gasteiger partial charge in [0.2, 0.25) is 0 Å². The summed E-state index contributed by atoms with van der Waals surface area (Å²) in [4.78, 5) is 27.9. The maximum Gasteiger partial charge on any atom is 0.295 e. The first kappa shape index (κ1) is 27.1. The molecular formula is C28H35NO7. The Balaban J connectivity index is 2.12. The summed E-state index contributed by atoms with van der Waals surface area (Å²) >= 11 is 0. The maximum absolute atomic E-state index is 13.3. The highest BCUT2D eigenvalue weighted by Crippen LogP contribution is 2.42. The van der Waals surface area contributed by atoms with E-state index in [1.807, 2.05) is 27.7 Å². The van der Waals surface area contributed by atoms with Crippen LogP contribution in [0.15, 0.2) is 42.0 Å². The standard InChI is InChI=1S/C28H35NO7/c1-7-35-23-16-19(9-12-22(23)34-6)25-24(26(30)20-10-11-21(33-5)18(4)15-20)27(31)28(32)29(25)13-8-14-36-17(2)3/h9-12,15-17,25,30H,7-8,13-14H2,1-6H3/b26-24-. The van der Waals surface area contributed by atoms with E-state index in [4.69, 9.17) is 18.9 Å². The molecule has 36 heavy (non-hydrogen) atoms. The quantitative estimate of drug-likeness (QED) is 0.209. The first-order chi connectivity index (χ1) is 17.2. The zero-order valence-electron chi connectivity index (χ0n) is 21.8. The van der Waals surface area contributed by atoms with Crippen LogP contribution in [-0.4, -0.2) is 61.8 Å². The van der Waals surface area contributed by atoms with E-state index >= 15 is 0 Å². The van der Waals surface area contributed by atoms with E-state index in [1.54, 1.807) is 50.6 Å². The van der Waals surface area contributed by atoms with Gasteiger partial charge in [0.25, 0.3) is 11.7 Å². The van der Waals surface area contributed by atoms with Gasteiger partial charge < -0.3 is 29.0 Å². The molecular weight excluding hydrogens is 462 g/mol. The van der Waals surface area contributed by atoms with Crippen molar-refractivity contribution in [2.45, 2.75) is 46.3 Å². The fourth-order valence-electron chi connectivity index (χ4n) is 4.32. The van der Waals surface area contributed by atoms with Crippen LogP contribution in [-0.2, 0) is 14.3 Å². The minimum atomic E-state index is -0.795. The van der Waals surface area contributed by atoms with Crippen LogP contribution in [0.5, 0.6) is 17.2 Å². The van der Waals surface area contributed by atoms with E-state index in [1.165, 1.54) is 4.90 Å². The number of methoxy groups -OCH3 is 2. The molecule has 0 radical (unpaired) electrons. The molecule has 8 nitrogen and oxygen atoms in total. The number of carbonyl (C=O) groups is 2. The maximum atomic E-state index is 13.3. The molecule has 1 saturated heterocycles. The fourth-order valence-corrected chi connectivity index (χ4v) is 4.32. The highest BCUT2D eigenvalue weighted by atomic mass is 16.5. The number of ether oxygens (including phenoxy) is 4. The molecule has 0 bridgehead atoms. The van der Waals surface area contributed by atoms with Crippen molar-refractivity contribution >= 4 is 17.4 Å². The number of benzene rings is 2. The van der Waals surface area contributed by atoms with E-state index in [2.05, 4.69) is 0 Å². The van der Waals surface area contributed by atoms with Gasteiger partial charge in [-0.3, -0.25) is 9.59 Å². The lowest BCUT2D eigenvalue weighted by molar-refractivity contribution is -0.140. The number of nitrogens with zero attached hydrogens (tertiary/aromatic N) is 1. The fraction of sp³-hybridized carbons (Fsp3) is 0.429. The van der Waals surface area contributed by atoms with Crippen LogP contribution in [0.1, 0.15) is 49.9 Å². The Hall–Kier alpha value is -3.52. The Kier molecular flexibility index (Phi) is 8.98. The van der Waals surface area contributed by atoms with Gasteiger partial charge in [-0.25, -0.2) is 0 Å². The number of hydrogen-bond donors (Lipinski definition) is 1. The van der Waals surface area contributed by atoms with E-state index in [-0.39, 0.29) is 24.0 Å². The number of Topliss-reactive ketones (excluding diaryl/α,β-unsaturated/α-hetero) is 1. The summed E-state index contributed by atoms with van der Waals surface area (Å²) in [7, 11) is 3.11. The van der Waals surface area contributed by atoms with E-state index in [9.17, 15) is 14.7 Å². The lowest BCUT2D eigenvalue weighted by Crippen LogP contribution is -2.31. The van der Waals surface area contributed by atoms with Crippen molar-refractivity contribution in [1.82, 2.24) is 4.90 Å². The Bertz CT molecular complexity index is 1140. The van der Waals surface area contributed by atoms with Gasteiger partial charge in [0, 0.05) is 18.7 Å². The molecule has 3 rings (SSSR count). The first-order valence-corrected chi connectivity index (χ1v) is 12.1. The highest BCUT2D eigenvalue weighted by Gasteiger charge is 2.46. The number of likely N-dealkylation sites (tertiary alicyclic amines) is 1. The van der Waals surface area contributed by atoms with Crippen LogP contribution >= 0.6 is 0 Å². The molecule has 1 heterocycles. The number of rotatable bonds is 11. The van der Waals surface area contributed by atoms with Crippen LogP contribution in [0, 0.1) is 6.92 Å². The largest absolute Gasteiger partial charge is 0.507 e. The van der Waals surface area contributed by atoms with Gasteiger partial charge in [0.05, 0.1) is 38.5 Å². The monoisotopic (exact) mass is 497 g/mol. The Labute approximate surface area is 212 Å². The number of amides is 1. The van der Waals surface area contributed by atoms with Crippen molar-refractivity contribution < 1.29 is 33.6 Å². The van der Waals surface area contributed by atoms with E-state index in [0.29, 0.717) is 48.0 Å². The van der Waals surface area contributed by atoms with Crippen molar-refractivity contribution in [2.24, 2.45) is 0 Å². The Morgan fingerprint density at radius 1 is 1.03 bits per heavy atom. The van der Waals surface area contributed by atoms with Crippen LogP contribution < -0.4 is 14.2 Å². The second kappa shape index (κ2) is 11.9. The third-order valence-electron chi connectivity index (χ3n) is 6.01. The molecule has 2 aromatic rings. The van der Waals surface area contributed by atoms with Gasteiger partial charge in [-0.05, 0) is 75.6 Å². The van der Waals surface area contributed by atoms with Crippen molar-refractivity contribution in [3.63, 3.8) is 0 Å². The van der Waals surface area contributed by atoms with Gasteiger partial charge >= 0.3 is 0 Å². The lowest BCUT2D eigenvalue weighted by Gasteiger charge is -2.26. The van der Waals surface area contributed by atoms with Crippen LogP contribution in [0.4, 0.5) is 0 Å². The summed E-state index contributed by atoms with van der Waals surface area (Å²) in [5, 5.41) is 11.3. The number of carbonyl (C=O) groups excluding carboxylic acids is 2. The van der Waals surface area contributed by atoms with Gasteiger partial charge in [-0.2, -0.15) is 0 Å². The third-order valence-corrected chi connectivity index (χ3v) is 6.01. The molecule has 1 unspecified atom stereocenters. The molecule has 1 fully saturated rings. The minimum Gasteiger partial charge on any atom is -0.507 e. The second-order valence-electron chi connectivity index (χ2n) is 8.79. The molecule has 0 aromatic heterocycles. The van der Waals surface area contributed by atoms with Crippen LogP contribution in [0.3, 0.4) is 0 Å². The van der Waals surface area contributed by atoms with Crippen molar-refractivity contribution in [3.05, 3.63) is 58.7 Å². The SMILES string of the molecule is CCOc1cc(C2/C(=C(/O)c3ccc(OC)c(C)c3)C(=O)C(=O)N2CCCOC(C)C)ccc1OC. The summed E-state index contributed by atoms with van der Waals surface area (Å²) in [5.41, 5.74) is 1.89. The van der Waals surface area contributed by atoms with Crippen LogP contribution in [0.25, 0.3) is 5.76 Å². The molecule has 1 aliphatic rings. The summed E-state index contributed by atoms with van der Waals surface area (Å²) < 4.78 is 22.1.